The Morgan fingerprint density at radius 1 is 0.421 bits per heavy atom. The molecule has 0 saturated heterocycles. The number of fused-ring (bicyclic) bond motifs is 9. The number of para-hydroxylation sites is 2. The summed E-state index contributed by atoms with van der Waals surface area (Å²) >= 11 is 1.87. The molecular formula is C54H36N2S. The van der Waals surface area contributed by atoms with Crippen LogP contribution in [0.5, 0.6) is 0 Å². The maximum atomic E-state index is 2.51. The standard InChI is InChI=1S/C54H36N2S/c1-3-13-35(14-4-1)39-29-40(36-15-5-2-6-16-36)31-42(30-39)56-50-21-11-8-18-44(50)47-33-38(24-27-52(47)56)37-23-26-51-46(32-37)43-17-7-10-20-49(43)55(51)41-25-28-54-48(34-41)45-19-9-12-22-53(45)57-54/h1-32,34,47H,33H2. The van der Waals surface area contributed by atoms with Gasteiger partial charge < -0.3 is 9.47 Å². The maximum absolute atomic E-state index is 2.51. The summed E-state index contributed by atoms with van der Waals surface area (Å²) in [5.74, 6) is 0.256. The van der Waals surface area contributed by atoms with E-state index in [0.717, 1.165) is 6.42 Å². The third-order valence-corrected chi connectivity index (χ3v) is 13.3. The average molecular weight is 745 g/mol. The van der Waals surface area contributed by atoms with E-state index in [-0.39, 0.29) is 5.92 Å². The van der Waals surface area contributed by atoms with Crippen LogP contribution in [0.25, 0.3) is 75.5 Å². The first-order chi connectivity index (χ1) is 28.2. The molecular weight excluding hydrogens is 709 g/mol. The van der Waals surface area contributed by atoms with E-state index in [2.05, 4.69) is 210 Å². The van der Waals surface area contributed by atoms with Crippen LogP contribution in [0, 0.1) is 0 Å². The second-order valence-electron chi connectivity index (χ2n) is 15.3. The molecule has 3 heteroatoms. The second-order valence-corrected chi connectivity index (χ2v) is 16.4. The summed E-state index contributed by atoms with van der Waals surface area (Å²) in [7, 11) is 0. The Hall–Kier alpha value is -6.94. The minimum atomic E-state index is 0.256. The topological polar surface area (TPSA) is 8.17 Å². The van der Waals surface area contributed by atoms with Crippen molar-refractivity contribution in [3.8, 4) is 27.9 Å². The highest BCUT2D eigenvalue weighted by Crippen LogP contribution is 2.53. The number of nitrogens with zero attached hydrogens (tertiary/aromatic N) is 2. The van der Waals surface area contributed by atoms with Gasteiger partial charge in [0.15, 0.2) is 0 Å². The molecule has 2 aromatic heterocycles. The molecule has 0 bridgehead atoms. The monoisotopic (exact) mass is 744 g/mol. The lowest BCUT2D eigenvalue weighted by atomic mass is 9.84. The van der Waals surface area contributed by atoms with Gasteiger partial charge in [-0.15, -0.1) is 11.3 Å². The Bertz CT molecular complexity index is 3210. The van der Waals surface area contributed by atoms with Gasteiger partial charge in [0.2, 0.25) is 0 Å². The summed E-state index contributed by atoms with van der Waals surface area (Å²) in [5.41, 5.74) is 16.4. The molecule has 1 atom stereocenters. The molecule has 8 aromatic carbocycles. The van der Waals surface area contributed by atoms with Crippen molar-refractivity contribution >= 4 is 70.3 Å². The molecule has 3 heterocycles. The van der Waals surface area contributed by atoms with Gasteiger partial charge in [-0.05, 0) is 118 Å². The van der Waals surface area contributed by atoms with Crippen molar-refractivity contribution in [3.63, 3.8) is 0 Å². The largest absolute Gasteiger partial charge is 0.313 e. The van der Waals surface area contributed by atoms with Gasteiger partial charge in [0, 0.05) is 59.6 Å². The van der Waals surface area contributed by atoms with Gasteiger partial charge in [-0.2, -0.15) is 0 Å². The van der Waals surface area contributed by atoms with Crippen molar-refractivity contribution in [2.75, 3.05) is 4.90 Å². The van der Waals surface area contributed by atoms with Gasteiger partial charge in [0.25, 0.3) is 0 Å². The predicted molar refractivity (Wildman–Crippen MR) is 243 cm³/mol. The SMILES string of the molecule is C1=C(c2ccc3c(c2)c2ccccc2n3-c2ccc3sc4ccccc4c3c2)CC2C(=C1)N(c1cc(-c3ccccc3)cc(-c3ccccc3)c1)c1ccccc12. The summed E-state index contributed by atoms with van der Waals surface area (Å²) in [5, 5.41) is 5.21. The van der Waals surface area contributed by atoms with Crippen LogP contribution in [0.1, 0.15) is 23.5 Å². The Labute approximate surface area is 335 Å². The first-order valence-electron chi connectivity index (χ1n) is 19.8. The number of rotatable bonds is 5. The zero-order valence-corrected chi connectivity index (χ0v) is 32.0. The molecule has 0 spiro atoms. The molecule has 0 saturated carbocycles. The number of anilines is 2. The summed E-state index contributed by atoms with van der Waals surface area (Å²) in [6, 6.07) is 69.3. The summed E-state index contributed by atoms with van der Waals surface area (Å²) < 4.78 is 5.11. The van der Waals surface area contributed by atoms with Crippen LogP contribution in [0.15, 0.2) is 206 Å². The normalized spacial score (nSPS) is 14.9. The van der Waals surface area contributed by atoms with Crippen LogP contribution in [-0.4, -0.2) is 4.57 Å². The molecule has 1 aliphatic carbocycles. The highest BCUT2D eigenvalue weighted by molar-refractivity contribution is 7.25. The number of aromatic nitrogens is 1. The average Bonchev–Trinajstić information content (AvgIpc) is 3.94. The van der Waals surface area contributed by atoms with Crippen molar-refractivity contribution in [2.24, 2.45) is 0 Å². The zero-order valence-electron chi connectivity index (χ0n) is 31.1. The Morgan fingerprint density at radius 2 is 1.09 bits per heavy atom. The molecule has 268 valence electrons. The number of hydrogen-bond donors (Lipinski definition) is 0. The Balaban J connectivity index is 0.978. The molecule has 0 fully saturated rings. The highest BCUT2D eigenvalue weighted by Gasteiger charge is 2.36. The minimum absolute atomic E-state index is 0.256. The molecule has 1 aliphatic heterocycles. The molecule has 0 amide bonds. The van der Waals surface area contributed by atoms with Crippen LogP contribution in [-0.2, 0) is 0 Å². The van der Waals surface area contributed by atoms with Gasteiger partial charge in [0.1, 0.15) is 0 Å². The van der Waals surface area contributed by atoms with Crippen LogP contribution in [0.4, 0.5) is 11.4 Å². The van der Waals surface area contributed by atoms with E-state index in [0.29, 0.717) is 0 Å². The number of thiophene rings is 1. The maximum Gasteiger partial charge on any atom is 0.0541 e. The fourth-order valence-corrected chi connectivity index (χ4v) is 10.5. The first kappa shape index (κ1) is 32.3. The molecule has 2 nitrogen and oxygen atoms in total. The molecule has 10 aromatic rings. The third-order valence-electron chi connectivity index (χ3n) is 12.1. The van der Waals surface area contributed by atoms with Crippen LogP contribution in [0.3, 0.4) is 0 Å². The van der Waals surface area contributed by atoms with E-state index in [1.807, 2.05) is 11.3 Å². The second kappa shape index (κ2) is 12.8. The van der Waals surface area contributed by atoms with Gasteiger partial charge in [-0.25, -0.2) is 0 Å². The third kappa shape index (κ3) is 5.16. The smallest absolute Gasteiger partial charge is 0.0541 e. The van der Waals surface area contributed by atoms with Crippen molar-refractivity contribution in [3.05, 3.63) is 217 Å². The fourth-order valence-electron chi connectivity index (χ4n) is 9.46. The summed E-state index contributed by atoms with van der Waals surface area (Å²) in [6.07, 6.45) is 5.70. The van der Waals surface area contributed by atoms with Crippen molar-refractivity contribution in [2.45, 2.75) is 12.3 Å². The lowest BCUT2D eigenvalue weighted by Crippen LogP contribution is -2.15. The zero-order chi connectivity index (χ0) is 37.5. The highest BCUT2D eigenvalue weighted by atomic mass is 32.1. The van der Waals surface area contributed by atoms with Crippen molar-refractivity contribution in [1.82, 2.24) is 4.57 Å². The van der Waals surface area contributed by atoms with Gasteiger partial charge in [-0.3, -0.25) is 0 Å². The summed E-state index contributed by atoms with van der Waals surface area (Å²) in [6.45, 7) is 0. The number of benzene rings is 8. The van der Waals surface area contributed by atoms with Crippen LogP contribution >= 0.6 is 11.3 Å². The minimum Gasteiger partial charge on any atom is -0.313 e. The molecule has 2 aliphatic rings. The lowest BCUT2D eigenvalue weighted by Gasteiger charge is -2.27. The van der Waals surface area contributed by atoms with E-state index in [1.54, 1.807) is 0 Å². The van der Waals surface area contributed by atoms with Crippen molar-refractivity contribution in [1.29, 1.82) is 0 Å². The van der Waals surface area contributed by atoms with E-state index in [9.17, 15) is 0 Å². The van der Waals surface area contributed by atoms with E-state index < -0.39 is 0 Å². The van der Waals surface area contributed by atoms with E-state index in [1.165, 1.54) is 104 Å². The van der Waals surface area contributed by atoms with Crippen LogP contribution < -0.4 is 4.90 Å². The van der Waals surface area contributed by atoms with Crippen molar-refractivity contribution < 1.29 is 0 Å². The summed E-state index contributed by atoms with van der Waals surface area (Å²) in [4.78, 5) is 2.51. The van der Waals surface area contributed by atoms with E-state index >= 15 is 0 Å². The van der Waals surface area contributed by atoms with Crippen LogP contribution in [0.2, 0.25) is 0 Å². The molecule has 1 unspecified atom stereocenters. The Kier molecular flexibility index (Phi) is 7.26. The number of hydrogen-bond acceptors (Lipinski definition) is 2. The molecule has 0 N–H and O–H groups in total. The van der Waals surface area contributed by atoms with Gasteiger partial charge in [0.05, 0.1) is 11.0 Å². The molecule has 57 heavy (non-hydrogen) atoms. The molecule has 12 rings (SSSR count). The molecule has 0 radical (unpaired) electrons. The predicted octanol–water partition coefficient (Wildman–Crippen LogP) is 15.1. The van der Waals surface area contributed by atoms with E-state index in [4.69, 9.17) is 0 Å². The Morgan fingerprint density at radius 3 is 1.89 bits per heavy atom. The van der Waals surface area contributed by atoms with Gasteiger partial charge >= 0.3 is 0 Å². The quantitative estimate of drug-likeness (QED) is 0.170. The number of allylic oxidation sites excluding steroid dienone is 4. The fraction of sp³-hybridized carbons (Fsp3) is 0.0370. The lowest BCUT2D eigenvalue weighted by molar-refractivity contribution is 0.832. The van der Waals surface area contributed by atoms with Gasteiger partial charge in [-0.1, -0.05) is 127 Å². The first-order valence-corrected chi connectivity index (χ1v) is 20.6.